The fourth-order valence-electron chi connectivity index (χ4n) is 4.32. The van der Waals surface area contributed by atoms with Crippen LogP contribution < -0.4 is 10.6 Å². The Morgan fingerprint density at radius 2 is 1.63 bits per heavy atom. The molecule has 1 aliphatic carbocycles. The summed E-state index contributed by atoms with van der Waals surface area (Å²) in [6.45, 7) is 1.89. The van der Waals surface area contributed by atoms with E-state index in [0.717, 1.165) is 40.5 Å². The molecule has 3 aromatic rings. The summed E-state index contributed by atoms with van der Waals surface area (Å²) in [5.74, 6) is -3.24. The number of hydrogen-bond acceptors (Lipinski definition) is 4. The average Bonchev–Trinajstić information content (AvgIpc) is 3.16. The van der Waals surface area contributed by atoms with Gasteiger partial charge in [-0.05, 0) is 46.9 Å². The van der Waals surface area contributed by atoms with Gasteiger partial charge in [-0.1, -0.05) is 55.5 Å². The topological polar surface area (TPSA) is 105 Å². The van der Waals surface area contributed by atoms with E-state index in [1.165, 1.54) is 0 Å². The van der Waals surface area contributed by atoms with Crippen molar-refractivity contribution < 1.29 is 28.6 Å². The number of benzene rings is 3. The highest BCUT2D eigenvalue weighted by Gasteiger charge is 2.29. The van der Waals surface area contributed by atoms with Crippen molar-refractivity contribution in [2.75, 3.05) is 18.5 Å². The number of alkyl carbamates (subject to hydrolysis) is 1. The minimum atomic E-state index is -1.29. The van der Waals surface area contributed by atoms with Gasteiger partial charge < -0.3 is 20.5 Å². The summed E-state index contributed by atoms with van der Waals surface area (Å²) in [5, 5.41) is 14.3. The number of rotatable bonds is 8. The molecule has 0 spiro atoms. The predicted molar refractivity (Wildman–Crippen MR) is 129 cm³/mol. The van der Waals surface area contributed by atoms with Gasteiger partial charge in [-0.3, -0.25) is 4.79 Å². The number of hydrogen-bond donors (Lipinski definition) is 3. The molecule has 4 rings (SSSR count). The molecule has 35 heavy (non-hydrogen) atoms. The molecule has 0 heterocycles. The van der Waals surface area contributed by atoms with Crippen molar-refractivity contribution in [3.8, 4) is 11.1 Å². The largest absolute Gasteiger partial charge is 0.478 e. The number of amides is 2. The van der Waals surface area contributed by atoms with Crippen LogP contribution >= 0.6 is 0 Å². The van der Waals surface area contributed by atoms with Crippen LogP contribution in [0.15, 0.2) is 66.7 Å². The second-order valence-electron chi connectivity index (χ2n) is 8.30. The van der Waals surface area contributed by atoms with Gasteiger partial charge >= 0.3 is 12.1 Å². The van der Waals surface area contributed by atoms with Crippen molar-refractivity contribution in [2.45, 2.75) is 19.3 Å². The fourth-order valence-corrected chi connectivity index (χ4v) is 4.32. The minimum absolute atomic E-state index is 0.0171. The zero-order chi connectivity index (χ0) is 24.9. The quantitative estimate of drug-likeness (QED) is 0.423. The number of nitrogens with one attached hydrogen (secondary N) is 2. The molecule has 0 radical (unpaired) electrons. The summed E-state index contributed by atoms with van der Waals surface area (Å²) >= 11 is 0. The molecule has 0 saturated carbocycles. The van der Waals surface area contributed by atoms with E-state index in [1.54, 1.807) is 6.92 Å². The molecule has 1 unspecified atom stereocenters. The fraction of sp³-hybridized carbons (Fsp3) is 0.222. The van der Waals surface area contributed by atoms with Gasteiger partial charge in [0, 0.05) is 12.5 Å². The van der Waals surface area contributed by atoms with Crippen molar-refractivity contribution in [2.24, 2.45) is 5.92 Å². The Morgan fingerprint density at radius 1 is 1.00 bits per heavy atom. The van der Waals surface area contributed by atoms with E-state index < -0.39 is 29.7 Å². The number of carbonyl (C=O) groups is 3. The molecule has 1 aliphatic rings. The molecule has 8 heteroatoms. The third-order valence-corrected chi connectivity index (χ3v) is 6.17. The number of carboxylic acid groups (broad SMARTS) is 1. The van der Waals surface area contributed by atoms with Crippen LogP contribution in [-0.4, -0.2) is 36.2 Å². The van der Waals surface area contributed by atoms with Gasteiger partial charge in [-0.25, -0.2) is 14.0 Å². The third-order valence-electron chi connectivity index (χ3n) is 6.17. The van der Waals surface area contributed by atoms with Crippen molar-refractivity contribution in [1.82, 2.24) is 5.32 Å². The number of halogens is 1. The van der Waals surface area contributed by atoms with E-state index in [0.29, 0.717) is 6.42 Å². The van der Waals surface area contributed by atoms with Gasteiger partial charge in [0.25, 0.3) is 0 Å². The van der Waals surface area contributed by atoms with Crippen molar-refractivity contribution in [3.05, 3.63) is 89.2 Å². The zero-order valence-electron chi connectivity index (χ0n) is 19.1. The Hall–Kier alpha value is -4.20. The monoisotopic (exact) mass is 476 g/mol. The lowest BCUT2D eigenvalue weighted by molar-refractivity contribution is -0.119. The summed E-state index contributed by atoms with van der Waals surface area (Å²) in [5.41, 5.74) is 4.07. The predicted octanol–water partition coefficient (Wildman–Crippen LogP) is 5.03. The SMILES string of the molecule is CCC(CNC(=O)OCC1c2ccccc2-c2ccccc21)C(=O)Nc1cc(F)ccc1C(=O)O. The normalized spacial score (nSPS) is 12.9. The van der Waals surface area contributed by atoms with E-state index in [9.17, 15) is 23.9 Å². The first-order chi connectivity index (χ1) is 16.9. The summed E-state index contributed by atoms with van der Waals surface area (Å²) in [6, 6.07) is 19.1. The first-order valence-electron chi connectivity index (χ1n) is 11.3. The standard InChI is InChI=1S/C27H25FN2O5/c1-2-16(25(31)30-24-13-17(28)11-12-22(24)26(32)33)14-29-27(34)35-15-23-20-9-5-3-7-18(20)19-8-4-6-10-21(19)23/h3-13,16,23H,2,14-15H2,1H3,(H,29,34)(H,30,31)(H,32,33). The molecule has 0 fully saturated rings. The van der Waals surface area contributed by atoms with Gasteiger partial charge in [0.05, 0.1) is 17.2 Å². The molecule has 0 bridgehead atoms. The molecule has 0 aliphatic heterocycles. The molecular formula is C27H25FN2O5. The van der Waals surface area contributed by atoms with E-state index in [1.807, 2.05) is 48.5 Å². The van der Waals surface area contributed by atoms with Crippen LogP contribution in [0.25, 0.3) is 11.1 Å². The number of aromatic carboxylic acids is 1. The molecule has 0 aromatic heterocycles. The van der Waals surface area contributed by atoms with Crippen LogP contribution in [0.2, 0.25) is 0 Å². The van der Waals surface area contributed by atoms with E-state index in [4.69, 9.17) is 4.74 Å². The first-order valence-corrected chi connectivity index (χ1v) is 11.3. The van der Waals surface area contributed by atoms with Gasteiger partial charge in [-0.2, -0.15) is 0 Å². The van der Waals surface area contributed by atoms with Gasteiger partial charge in [0.1, 0.15) is 12.4 Å². The number of carboxylic acids is 1. The minimum Gasteiger partial charge on any atom is -0.478 e. The van der Waals surface area contributed by atoms with Crippen LogP contribution in [-0.2, 0) is 9.53 Å². The highest BCUT2D eigenvalue weighted by molar-refractivity contribution is 6.01. The number of anilines is 1. The van der Waals surface area contributed by atoms with E-state index in [2.05, 4.69) is 10.6 Å². The molecular weight excluding hydrogens is 451 g/mol. The molecule has 7 nitrogen and oxygen atoms in total. The van der Waals surface area contributed by atoms with Crippen LogP contribution in [0.1, 0.15) is 40.7 Å². The first kappa shape index (κ1) is 23.9. The summed E-state index contributed by atoms with van der Waals surface area (Å²) in [7, 11) is 0. The smallest absolute Gasteiger partial charge is 0.407 e. The van der Waals surface area contributed by atoms with Crippen LogP contribution in [0, 0.1) is 11.7 Å². The zero-order valence-corrected chi connectivity index (χ0v) is 19.1. The van der Waals surface area contributed by atoms with E-state index >= 15 is 0 Å². The Morgan fingerprint density at radius 3 is 2.23 bits per heavy atom. The maximum Gasteiger partial charge on any atom is 0.407 e. The van der Waals surface area contributed by atoms with Crippen LogP contribution in [0.4, 0.5) is 14.9 Å². The second-order valence-corrected chi connectivity index (χ2v) is 8.30. The van der Waals surface area contributed by atoms with E-state index in [-0.39, 0.29) is 30.3 Å². The lowest BCUT2D eigenvalue weighted by atomic mass is 9.98. The molecule has 0 saturated heterocycles. The summed E-state index contributed by atoms with van der Waals surface area (Å²) in [4.78, 5) is 36.4. The van der Waals surface area contributed by atoms with Crippen LogP contribution in [0.3, 0.4) is 0 Å². The lowest BCUT2D eigenvalue weighted by Crippen LogP contribution is -2.36. The van der Waals surface area contributed by atoms with Gasteiger partial charge in [-0.15, -0.1) is 0 Å². The maximum atomic E-state index is 13.6. The second kappa shape index (κ2) is 10.4. The number of fused-ring (bicyclic) bond motifs is 3. The highest BCUT2D eigenvalue weighted by Crippen LogP contribution is 2.44. The Balaban J connectivity index is 1.35. The van der Waals surface area contributed by atoms with Crippen LogP contribution in [0.5, 0.6) is 0 Å². The molecule has 1 atom stereocenters. The number of ether oxygens (including phenoxy) is 1. The lowest BCUT2D eigenvalue weighted by Gasteiger charge is -2.18. The van der Waals surface area contributed by atoms with Crippen molar-refractivity contribution >= 4 is 23.7 Å². The van der Waals surface area contributed by atoms with Crippen molar-refractivity contribution in [3.63, 3.8) is 0 Å². The Bertz CT molecular complexity index is 1230. The summed E-state index contributed by atoms with van der Waals surface area (Å²) < 4.78 is 19.1. The van der Waals surface area contributed by atoms with Gasteiger partial charge in [0.15, 0.2) is 0 Å². The molecule has 2 amide bonds. The number of carbonyl (C=O) groups excluding carboxylic acids is 2. The Labute approximate surface area is 201 Å². The Kier molecular flexibility index (Phi) is 7.10. The highest BCUT2D eigenvalue weighted by atomic mass is 19.1. The maximum absolute atomic E-state index is 13.6. The van der Waals surface area contributed by atoms with Crippen molar-refractivity contribution in [1.29, 1.82) is 0 Å². The molecule has 3 aromatic carbocycles. The van der Waals surface area contributed by atoms with Gasteiger partial charge in [0.2, 0.25) is 5.91 Å². The average molecular weight is 477 g/mol. The molecule has 3 N–H and O–H groups in total. The summed E-state index contributed by atoms with van der Waals surface area (Å²) in [6.07, 6.45) is -0.289. The third kappa shape index (κ3) is 5.16. The molecule has 180 valence electrons.